The van der Waals surface area contributed by atoms with Crippen LogP contribution >= 0.6 is 27.3 Å². The molecule has 0 bridgehead atoms. The lowest BCUT2D eigenvalue weighted by atomic mass is 10.2. The molecule has 72 valence electrons. The molecule has 0 radical (unpaired) electrons. The molecule has 0 spiro atoms. The van der Waals surface area contributed by atoms with Crippen LogP contribution in [0.1, 0.15) is 22.5 Å². The lowest BCUT2D eigenvalue weighted by Gasteiger charge is -1.96. The number of ketones is 1. The van der Waals surface area contributed by atoms with Crippen LogP contribution in [0.15, 0.2) is 15.9 Å². The molecule has 0 aliphatic heterocycles. The number of thiophene rings is 1. The summed E-state index contributed by atoms with van der Waals surface area (Å²) in [5.41, 5.74) is 0. The Hall–Kier alpha value is -0.190. The second kappa shape index (κ2) is 5.52. The molecular weight excluding hydrogens is 252 g/mol. The number of halogens is 1. The smallest absolute Gasteiger partial charge is 0.172 e. The Morgan fingerprint density at radius 2 is 2.46 bits per heavy atom. The largest absolute Gasteiger partial charge is 0.385 e. The van der Waals surface area contributed by atoms with E-state index in [-0.39, 0.29) is 5.78 Å². The maximum Gasteiger partial charge on any atom is 0.172 e. The summed E-state index contributed by atoms with van der Waals surface area (Å²) in [6.07, 6.45) is 1.37. The quantitative estimate of drug-likeness (QED) is 0.602. The van der Waals surface area contributed by atoms with Gasteiger partial charge in [-0.15, -0.1) is 11.3 Å². The number of carbonyl (C=O) groups excluding carboxylic acids is 1. The first-order valence-electron chi connectivity index (χ1n) is 4.00. The maximum absolute atomic E-state index is 11.5. The monoisotopic (exact) mass is 262 g/mol. The molecule has 1 aromatic rings. The van der Waals surface area contributed by atoms with Crippen molar-refractivity contribution in [1.29, 1.82) is 0 Å². The third-order valence-electron chi connectivity index (χ3n) is 1.59. The molecule has 0 aliphatic rings. The van der Waals surface area contributed by atoms with Gasteiger partial charge >= 0.3 is 0 Å². The molecule has 0 fully saturated rings. The third-order valence-corrected chi connectivity index (χ3v) is 3.33. The van der Waals surface area contributed by atoms with Crippen LogP contribution in [0.25, 0.3) is 0 Å². The van der Waals surface area contributed by atoms with Gasteiger partial charge in [0.05, 0.1) is 4.88 Å². The van der Waals surface area contributed by atoms with Gasteiger partial charge in [-0.2, -0.15) is 0 Å². The Labute approximate surface area is 90.0 Å². The van der Waals surface area contributed by atoms with Crippen LogP contribution in [0, 0.1) is 0 Å². The Morgan fingerprint density at radius 1 is 1.69 bits per heavy atom. The van der Waals surface area contributed by atoms with Crippen molar-refractivity contribution in [2.45, 2.75) is 12.8 Å². The third kappa shape index (κ3) is 3.58. The number of ether oxygens (including phenoxy) is 1. The molecule has 1 aromatic heterocycles. The van der Waals surface area contributed by atoms with E-state index in [0.29, 0.717) is 13.0 Å². The van der Waals surface area contributed by atoms with Gasteiger partial charge in [-0.1, -0.05) is 0 Å². The lowest BCUT2D eigenvalue weighted by molar-refractivity contribution is 0.0967. The van der Waals surface area contributed by atoms with E-state index in [0.717, 1.165) is 15.8 Å². The maximum atomic E-state index is 11.5. The molecule has 0 aromatic carbocycles. The highest BCUT2D eigenvalue weighted by Crippen LogP contribution is 2.21. The van der Waals surface area contributed by atoms with Crippen molar-refractivity contribution in [3.05, 3.63) is 20.8 Å². The molecule has 0 saturated carbocycles. The van der Waals surface area contributed by atoms with Crippen LogP contribution in [0.4, 0.5) is 0 Å². The normalized spacial score (nSPS) is 10.3. The summed E-state index contributed by atoms with van der Waals surface area (Å²) >= 11 is 4.79. The molecule has 1 heterocycles. The SMILES string of the molecule is COCCCC(=O)c1cc(Br)cs1. The summed E-state index contributed by atoms with van der Waals surface area (Å²) in [6.45, 7) is 0.651. The summed E-state index contributed by atoms with van der Waals surface area (Å²) in [7, 11) is 1.65. The van der Waals surface area contributed by atoms with Crippen molar-refractivity contribution >= 4 is 33.0 Å². The second-order valence-corrected chi connectivity index (χ2v) is 4.48. The van der Waals surface area contributed by atoms with E-state index in [1.807, 2.05) is 11.4 Å². The molecule has 0 aliphatic carbocycles. The zero-order valence-corrected chi connectivity index (χ0v) is 9.78. The van der Waals surface area contributed by atoms with Gasteiger partial charge in [0.2, 0.25) is 0 Å². The van der Waals surface area contributed by atoms with E-state index in [2.05, 4.69) is 15.9 Å². The standard InChI is InChI=1S/C9H11BrO2S/c1-12-4-2-3-8(11)9-5-7(10)6-13-9/h5-6H,2-4H2,1H3. The van der Waals surface area contributed by atoms with E-state index >= 15 is 0 Å². The zero-order valence-electron chi connectivity index (χ0n) is 7.38. The van der Waals surface area contributed by atoms with Gasteiger partial charge in [0.1, 0.15) is 0 Å². The van der Waals surface area contributed by atoms with Crippen molar-refractivity contribution in [3.8, 4) is 0 Å². The van der Waals surface area contributed by atoms with Crippen molar-refractivity contribution < 1.29 is 9.53 Å². The Morgan fingerprint density at radius 3 is 3.00 bits per heavy atom. The summed E-state index contributed by atoms with van der Waals surface area (Å²) < 4.78 is 5.85. The number of carbonyl (C=O) groups is 1. The van der Waals surface area contributed by atoms with E-state index < -0.39 is 0 Å². The molecule has 2 nitrogen and oxygen atoms in total. The van der Waals surface area contributed by atoms with Crippen molar-refractivity contribution in [3.63, 3.8) is 0 Å². The number of methoxy groups -OCH3 is 1. The first kappa shape index (κ1) is 10.9. The van der Waals surface area contributed by atoms with Gasteiger partial charge in [-0.05, 0) is 28.4 Å². The van der Waals surface area contributed by atoms with E-state index in [9.17, 15) is 4.79 Å². The van der Waals surface area contributed by atoms with Crippen LogP contribution < -0.4 is 0 Å². The molecule has 0 atom stereocenters. The van der Waals surface area contributed by atoms with E-state index in [1.54, 1.807) is 7.11 Å². The Balaban J connectivity index is 2.40. The Kier molecular flexibility index (Phi) is 4.62. The van der Waals surface area contributed by atoms with Gasteiger partial charge in [-0.3, -0.25) is 4.79 Å². The number of hydrogen-bond acceptors (Lipinski definition) is 3. The van der Waals surface area contributed by atoms with Crippen molar-refractivity contribution in [2.24, 2.45) is 0 Å². The molecule has 0 unspecified atom stereocenters. The van der Waals surface area contributed by atoms with Gasteiger partial charge in [-0.25, -0.2) is 0 Å². The molecule has 0 amide bonds. The number of hydrogen-bond donors (Lipinski definition) is 0. The minimum atomic E-state index is 0.202. The van der Waals surface area contributed by atoms with Crippen LogP contribution in [0.2, 0.25) is 0 Å². The molecular formula is C9H11BrO2S. The van der Waals surface area contributed by atoms with Gasteiger partial charge < -0.3 is 4.74 Å². The van der Waals surface area contributed by atoms with Crippen LogP contribution in [-0.2, 0) is 4.74 Å². The fraction of sp³-hybridized carbons (Fsp3) is 0.444. The average Bonchev–Trinajstić information content (AvgIpc) is 2.52. The van der Waals surface area contributed by atoms with Crippen molar-refractivity contribution in [2.75, 3.05) is 13.7 Å². The summed E-state index contributed by atoms with van der Waals surface area (Å²) in [6, 6.07) is 1.86. The highest BCUT2D eigenvalue weighted by atomic mass is 79.9. The molecule has 0 saturated heterocycles. The minimum Gasteiger partial charge on any atom is -0.385 e. The second-order valence-electron chi connectivity index (χ2n) is 2.65. The van der Waals surface area contributed by atoms with Gasteiger partial charge in [0, 0.05) is 30.0 Å². The van der Waals surface area contributed by atoms with Gasteiger partial charge in [0.15, 0.2) is 5.78 Å². The molecule has 1 rings (SSSR count). The zero-order chi connectivity index (χ0) is 9.68. The highest BCUT2D eigenvalue weighted by Gasteiger charge is 2.07. The predicted octanol–water partition coefficient (Wildman–Crippen LogP) is 3.12. The van der Waals surface area contributed by atoms with Crippen LogP contribution in [0.5, 0.6) is 0 Å². The molecule has 4 heteroatoms. The number of Topliss-reactive ketones (excluding diaryl/α,β-unsaturated/α-hetero) is 1. The van der Waals surface area contributed by atoms with E-state index in [4.69, 9.17) is 4.74 Å². The average molecular weight is 263 g/mol. The first-order valence-corrected chi connectivity index (χ1v) is 5.67. The first-order chi connectivity index (χ1) is 6.24. The highest BCUT2D eigenvalue weighted by molar-refractivity contribution is 9.10. The topological polar surface area (TPSA) is 26.3 Å². The molecule has 13 heavy (non-hydrogen) atoms. The van der Waals surface area contributed by atoms with Crippen LogP contribution in [0.3, 0.4) is 0 Å². The Bertz CT molecular complexity index is 283. The predicted molar refractivity (Wildman–Crippen MR) is 57.5 cm³/mol. The van der Waals surface area contributed by atoms with Gasteiger partial charge in [0.25, 0.3) is 0 Å². The fourth-order valence-corrected chi connectivity index (χ4v) is 2.36. The van der Waals surface area contributed by atoms with Crippen LogP contribution in [-0.4, -0.2) is 19.5 Å². The fourth-order valence-electron chi connectivity index (χ4n) is 0.960. The summed E-state index contributed by atoms with van der Waals surface area (Å²) in [4.78, 5) is 12.3. The summed E-state index contributed by atoms with van der Waals surface area (Å²) in [5, 5.41) is 1.92. The summed E-state index contributed by atoms with van der Waals surface area (Å²) in [5.74, 6) is 0.202. The lowest BCUT2D eigenvalue weighted by Crippen LogP contribution is -1.98. The van der Waals surface area contributed by atoms with Crippen molar-refractivity contribution in [1.82, 2.24) is 0 Å². The minimum absolute atomic E-state index is 0.202. The number of rotatable bonds is 5. The molecule has 0 N–H and O–H groups in total. The van der Waals surface area contributed by atoms with E-state index in [1.165, 1.54) is 11.3 Å².